The minimum Gasteiger partial charge on any atom is -0.475 e. The van der Waals surface area contributed by atoms with Crippen LogP contribution in [0.4, 0.5) is 35.3 Å². The van der Waals surface area contributed by atoms with Crippen LogP contribution < -0.4 is 19.9 Å². The number of aliphatic hydroxyl groups excluding tert-OH is 2. The number of aliphatic hydroxyl groups is 2. The molecule has 9 nitrogen and oxygen atoms in total. The van der Waals surface area contributed by atoms with Crippen LogP contribution >= 0.6 is 0 Å². The second-order valence-corrected chi connectivity index (χ2v) is 9.63. The Hall–Kier alpha value is -3.90. The van der Waals surface area contributed by atoms with E-state index in [1.54, 1.807) is 36.1 Å². The molecule has 5 rings (SSSR count). The fourth-order valence-electron chi connectivity index (χ4n) is 4.92. The van der Waals surface area contributed by atoms with Crippen molar-refractivity contribution in [2.75, 3.05) is 41.4 Å². The first-order chi connectivity index (χ1) is 18.6. The number of benzene rings is 1. The molecule has 2 aromatic heterocycles. The fourth-order valence-corrected chi connectivity index (χ4v) is 4.92. The van der Waals surface area contributed by atoms with Gasteiger partial charge >= 0.3 is 12.2 Å². The van der Waals surface area contributed by atoms with Gasteiger partial charge in [-0.15, -0.1) is 0 Å². The van der Waals surface area contributed by atoms with Crippen molar-refractivity contribution < 1.29 is 32.9 Å². The van der Waals surface area contributed by atoms with Gasteiger partial charge in [0.1, 0.15) is 18.5 Å². The van der Waals surface area contributed by atoms with Crippen LogP contribution in [0.3, 0.4) is 0 Å². The van der Waals surface area contributed by atoms with Gasteiger partial charge in [-0.2, -0.15) is 18.2 Å². The van der Waals surface area contributed by atoms with E-state index in [4.69, 9.17) is 14.8 Å². The molecule has 0 saturated carbocycles. The van der Waals surface area contributed by atoms with Crippen LogP contribution in [0, 0.1) is 6.92 Å². The number of urea groups is 1. The first-order valence-corrected chi connectivity index (χ1v) is 12.6. The summed E-state index contributed by atoms with van der Waals surface area (Å²) in [6.45, 7) is 2.58. The second kappa shape index (κ2) is 10.7. The highest BCUT2D eigenvalue weighted by Gasteiger charge is 2.39. The van der Waals surface area contributed by atoms with Crippen LogP contribution in [-0.4, -0.2) is 64.7 Å². The number of ether oxygens (including phenoxy) is 1. The molecular formula is C27H28F3N5O4. The molecule has 0 unspecified atom stereocenters. The SMILES string of the molecule is Cc1cc2c(nc1-c1cccc(C(F)(F)F)c1)N(C(=O)Nc1cccc(OC[C@@H](O)CO)n1)[C@H]1CCCN2C1. The van der Waals surface area contributed by atoms with Gasteiger partial charge < -0.3 is 19.8 Å². The lowest BCUT2D eigenvalue weighted by Crippen LogP contribution is -2.56. The van der Waals surface area contributed by atoms with Crippen LogP contribution in [0.2, 0.25) is 0 Å². The maximum absolute atomic E-state index is 13.6. The summed E-state index contributed by atoms with van der Waals surface area (Å²) < 4.78 is 45.6. The summed E-state index contributed by atoms with van der Waals surface area (Å²) in [5.41, 5.74) is 1.36. The molecule has 0 aliphatic carbocycles. The van der Waals surface area contributed by atoms with Crippen molar-refractivity contribution in [3.8, 4) is 17.1 Å². The number of alkyl halides is 3. The van der Waals surface area contributed by atoms with Crippen LogP contribution in [0.5, 0.6) is 5.88 Å². The van der Waals surface area contributed by atoms with E-state index in [2.05, 4.69) is 15.2 Å². The van der Waals surface area contributed by atoms with Gasteiger partial charge in [-0.05, 0) is 49.6 Å². The summed E-state index contributed by atoms with van der Waals surface area (Å²) in [7, 11) is 0. The lowest BCUT2D eigenvalue weighted by molar-refractivity contribution is -0.137. The van der Waals surface area contributed by atoms with Crippen molar-refractivity contribution in [2.45, 2.75) is 38.1 Å². The highest BCUT2D eigenvalue weighted by atomic mass is 19.4. The molecule has 2 aliphatic rings. The van der Waals surface area contributed by atoms with Gasteiger partial charge in [-0.3, -0.25) is 10.2 Å². The second-order valence-electron chi connectivity index (χ2n) is 9.63. The zero-order valence-electron chi connectivity index (χ0n) is 21.1. The smallest absolute Gasteiger partial charge is 0.416 e. The summed E-state index contributed by atoms with van der Waals surface area (Å²) in [4.78, 5) is 26.4. The van der Waals surface area contributed by atoms with Gasteiger partial charge in [0.15, 0.2) is 5.82 Å². The molecular weight excluding hydrogens is 515 g/mol. The van der Waals surface area contributed by atoms with Crippen LogP contribution in [0.15, 0.2) is 48.5 Å². The van der Waals surface area contributed by atoms with Crippen molar-refractivity contribution in [3.63, 3.8) is 0 Å². The third-order valence-electron chi connectivity index (χ3n) is 6.78. The normalized spacial score (nSPS) is 17.4. The predicted molar refractivity (Wildman–Crippen MR) is 139 cm³/mol. The van der Waals surface area contributed by atoms with Crippen LogP contribution in [0.25, 0.3) is 11.3 Å². The Morgan fingerprint density at radius 3 is 2.77 bits per heavy atom. The van der Waals surface area contributed by atoms with Crippen molar-refractivity contribution in [2.24, 2.45) is 0 Å². The van der Waals surface area contributed by atoms with E-state index in [9.17, 15) is 23.1 Å². The number of nitrogens with zero attached hydrogens (tertiary/aromatic N) is 4. The highest BCUT2D eigenvalue weighted by Crippen LogP contribution is 2.41. The molecule has 206 valence electrons. The Kier molecular flexibility index (Phi) is 7.32. The van der Waals surface area contributed by atoms with Crippen molar-refractivity contribution in [3.05, 3.63) is 59.7 Å². The lowest BCUT2D eigenvalue weighted by Gasteiger charge is -2.46. The number of hydrogen-bond donors (Lipinski definition) is 3. The molecule has 2 aliphatic heterocycles. The van der Waals surface area contributed by atoms with E-state index in [1.165, 1.54) is 6.07 Å². The molecule has 1 fully saturated rings. The zero-order chi connectivity index (χ0) is 27.7. The molecule has 3 N–H and O–H groups in total. The minimum atomic E-state index is -4.49. The summed E-state index contributed by atoms with van der Waals surface area (Å²) >= 11 is 0. The number of fused-ring (bicyclic) bond motifs is 4. The number of carbonyl (C=O) groups is 1. The number of amides is 2. The molecule has 12 heteroatoms. The molecule has 1 saturated heterocycles. The van der Waals surface area contributed by atoms with E-state index in [0.29, 0.717) is 29.2 Å². The Labute approximate surface area is 222 Å². The summed E-state index contributed by atoms with van der Waals surface area (Å²) in [6.07, 6.45) is -3.94. The average Bonchev–Trinajstić information content (AvgIpc) is 2.92. The molecule has 2 amide bonds. The molecule has 2 atom stereocenters. The minimum absolute atomic E-state index is 0.156. The number of pyridine rings is 2. The number of carbonyl (C=O) groups excluding carboxylic acids is 1. The van der Waals surface area contributed by atoms with Crippen molar-refractivity contribution in [1.82, 2.24) is 9.97 Å². The molecule has 0 spiro atoms. The van der Waals surface area contributed by atoms with E-state index >= 15 is 0 Å². The predicted octanol–water partition coefficient (Wildman–Crippen LogP) is 4.22. The molecule has 0 radical (unpaired) electrons. The third kappa shape index (κ3) is 5.62. The zero-order valence-corrected chi connectivity index (χ0v) is 21.1. The van der Waals surface area contributed by atoms with E-state index in [0.717, 1.165) is 37.2 Å². The number of halogens is 3. The van der Waals surface area contributed by atoms with Crippen molar-refractivity contribution in [1.29, 1.82) is 0 Å². The van der Waals surface area contributed by atoms with E-state index in [-0.39, 0.29) is 24.3 Å². The number of hydrogen-bond acceptors (Lipinski definition) is 7. The topological polar surface area (TPSA) is 111 Å². The van der Waals surface area contributed by atoms with E-state index in [1.807, 2.05) is 6.07 Å². The highest BCUT2D eigenvalue weighted by molar-refractivity contribution is 6.04. The van der Waals surface area contributed by atoms with Gasteiger partial charge in [0.25, 0.3) is 0 Å². The Morgan fingerprint density at radius 1 is 1.21 bits per heavy atom. The number of anilines is 3. The molecule has 3 aromatic rings. The van der Waals surface area contributed by atoms with Crippen molar-refractivity contribution >= 4 is 23.4 Å². The third-order valence-corrected chi connectivity index (χ3v) is 6.78. The average molecular weight is 544 g/mol. The van der Waals surface area contributed by atoms with Gasteiger partial charge in [0.2, 0.25) is 5.88 Å². The quantitative estimate of drug-likeness (QED) is 0.427. The summed E-state index contributed by atoms with van der Waals surface area (Å²) in [5, 5.41) is 21.3. The molecule has 4 heterocycles. The molecule has 1 aromatic carbocycles. The van der Waals surface area contributed by atoms with Gasteiger partial charge in [0.05, 0.1) is 29.6 Å². The number of aryl methyl sites for hydroxylation is 1. The van der Waals surface area contributed by atoms with Crippen LogP contribution in [-0.2, 0) is 6.18 Å². The summed E-state index contributed by atoms with van der Waals surface area (Å²) in [6, 6.07) is 11.0. The van der Waals surface area contributed by atoms with E-state index < -0.39 is 30.5 Å². The maximum atomic E-state index is 13.6. The lowest BCUT2D eigenvalue weighted by atomic mass is 9.97. The molecule has 39 heavy (non-hydrogen) atoms. The monoisotopic (exact) mass is 543 g/mol. The largest absolute Gasteiger partial charge is 0.475 e. The Balaban J connectivity index is 1.48. The summed E-state index contributed by atoms with van der Waals surface area (Å²) in [5.74, 6) is 0.740. The van der Waals surface area contributed by atoms with Crippen LogP contribution in [0.1, 0.15) is 24.0 Å². The number of nitrogens with one attached hydrogen (secondary N) is 1. The number of aromatic nitrogens is 2. The Bertz CT molecular complexity index is 1370. The van der Waals surface area contributed by atoms with Gasteiger partial charge in [0, 0.05) is 24.7 Å². The first-order valence-electron chi connectivity index (χ1n) is 12.6. The van der Waals surface area contributed by atoms with Gasteiger partial charge in [-0.1, -0.05) is 18.2 Å². The number of piperidine rings is 1. The standard InChI is InChI=1S/C27H28F3N5O4/c1-16-11-21-25(33-24(16)17-5-2-6-18(12-17)27(28,29)30)35(19-7-4-10-34(21)13-19)26(38)32-22-8-3-9-23(31-22)39-15-20(37)14-36/h2-3,5-6,8-9,11-12,19-20,36-37H,4,7,10,13-15H2,1H3,(H,31,32,38)/t19-,20-/m0/s1. The van der Waals surface area contributed by atoms with Gasteiger partial charge in [-0.25, -0.2) is 9.78 Å². The first kappa shape index (κ1) is 26.7. The maximum Gasteiger partial charge on any atom is 0.416 e. The molecule has 2 bridgehead atoms. The fraction of sp³-hybridized carbons (Fsp3) is 0.370. The Morgan fingerprint density at radius 2 is 2.00 bits per heavy atom. The number of rotatable bonds is 6.